The fraction of sp³-hybridized carbons (Fsp3) is 0.471. The van der Waals surface area contributed by atoms with Crippen LogP contribution in [-0.2, 0) is 10.0 Å². The lowest BCUT2D eigenvalue weighted by atomic mass is 10.1. The molecule has 0 saturated heterocycles. The Bertz CT molecular complexity index is 825. The zero-order valence-corrected chi connectivity index (χ0v) is 16.1. The van der Waals surface area contributed by atoms with Crippen LogP contribution in [0.5, 0.6) is 0 Å². The van der Waals surface area contributed by atoms with Crippen LogP contribution in [0.1, 0.15) is 36.9 Å². The van der Waals surface area contributed by atoms with Crippen molar-refractivity contribution in [3.8, 4) is 0 Å². The zero-order valence-electron chi connectivity index (χ0n) is 14.5. The quantitative estimate of drug-likeness (QED) is 0.814. The van der Waals surface area contributed by atoms with Crippen LogP contribution in [0.25, 0.3) is 10.1 Å². The summed E-state index contributed by atoms with van der Waals surface area (Å²) in [6, 6.07) is 7.26. The van der Waals surface area contributed by atoms with E-state index in [1.807, 2.05) is 18.2 Å². The first-order valence-electron chi connectivity index (χ1n) is 8.03. The predicted molar refractivity (Wildman–Crippen MR) is 101 cm³/mol. The molecule has 0 fully saturated rings. The van der Waals surface area contributed by atoms with Crippen molar-refractivity contribution in [2.45, 2.75) is 27.2 Å². The Morgan fingerprint density at radius 3 is 2.62 bits per heavy atom. The third-order valence-electron chi connectivity index (χ3n) is 3.88. The van der Waals surface area contributed by atoms with Crippen LogP contribution >= 0.6 is 11.3 Å². The van der Waals surface area contributed by atoms with Gasteiger partial charge in [-0.25, -0.2) is 8.42 Å². The third kappa shape index (κ3) is 4.27. The van der Waals surface area contributed by atoms with Gasteiger partial charge in [0.05, 0.1) is 16.3 Å². The molecule has 0 bridgehead atoms. The summed E-state index contributed by atoms with van der Waals surface area (Å²) < 4.78 is 26.2. The average molecular weight is 369 g/mol. The lowest BCUT2D eigenvalue weighted by Gasteiger charge is -2.18. The van der Waals surface area contributed by atoms with Gasteiger partial charge in [-0.2, -0.15) is 0 Å². The van der Waals surface area contributed by atoms with Crippen LogP contribution in [0.3, 0.4) is 0 Å². The number of nitrogens with zero attached hydrogens (tertiary/aromatic N) is 1. The first-order valence-corrected chi connectivity index (χ1v) is 10.5. The fourth-order valence-corrected chi connectivity index (χ4v) is 4.04. The van der Waals surface area contributed by atoms with Crippen LogP contribution < -0.4 is 9.62 Å². The number of carbonyl (C=O) groups excluding carboxylic acids is 1. The molecule has 5 nitrogen and oxygen atoms in total. The molecule has 7 heteroatoms. The third-order valence-corrected chi connectivity index (χ3v) is 6.77. The van der Waals surface area contributed by atoms with Gasteiger partial charge in [0, 0.05) is 18.3 Å². The summed E-state index contributed by atoms with van der Waals surface area (Å²) in [5.41, 5.74) is 0.605. The Labute approximate surface area is 147 Å². The smallest absolute Gasteiger partial charge is 0.261 e. The van der Waals surface area contributed by atoms with Gasteiger partial charge in [-0.15, -0.1) is 11.3 Å². The van der Waals surface area contributed by atoms with Gasteiger partial charge in [-0.05, 0) is 48.9 Å². The second kappa shape index (κ2) is 7.53. The van der Waals surface area contributed by atoms with E-state index < -0.39 is 10.0 Å². The highest BCUT2D eigenvalue weighted by Gasteiger charge is 2.17. The van der Waals surface area contributed by atoms with Crippen molar-refractivity contribution >= 4 is 43.0 Å². The lowest BCUT2D eigenvalue weighted by molar-refractivity contribution is 0.0956. The Hall–Kier alpha value is -1.60. The van der Waals surface area contributed by atoms with E-state index in [0.29, 0.717) is 23.0 Å². The summed E-state index contributed by atoms with van der Waals surface area (Å²) in [6.45, 7) is 6.52. The van der Waals surface area contributed by atoms with Crippen molar-refractivity contribution in [2.24, 2.45) is 5.92 Å². The van der Waals surface area contributed by atoms with Gasteiger partial charge < -0.3 is 5.32 Å². The number of rotatable bonds is 7. The molecule has 0 aliphatic rings. The molecule has 1 amide bonds. The highest BCUT2D eigenvalue weighted by Crippen LogP contribution is 2.30. The predicted octanol–water partition coefficient (Wildman–Crippen LogP) is 3.46. The number of sulfonamides is 1. The lowest BCUT2D eigenvalue weighted by Crippen LogP contribution is -2.27. The van der Waals surface area contributed by atoms with Gasteiger partial charge in [0.25, 0.3) is 5.91 Å². The Kier molecular flexibility index (Phi) is 5.87. The number of amides is 1. The Morgan fingerprint density at radius 1 is 1.29 bits per heavy atom. The minimum atomic E-state index is -3.29. The van der Waals surface area contributed by atoms with Gasteiger partial charge in [0.15, 0.2) is 0 Å². The maximum Gasteiger partial charge on any atom is 0.261 e. The van der Waals surface area contributed by atoms with Crippen LogP contribution in [0.15, 0.2) is 24.3 Å². The molecule has 1 heterocycles. The number of benzene rings is 1. The monoisotopic (exact) mass is 368 g/mol. The van der Waals surface area contributed by atoms with E-state index in [2.05, 4.69) is 19.2 Å². The zero-order chi connectivity index (χ0) is 17.9. The van der Waals surface area contributed by atoms with Gasteiger partial charge >= 0.3 is 0 Å². The van der Waals surface area contributed by atoms with Gasteiger partial charge in [-0.3, -0.25) is 9.10 Å². The number of fused-ring (bicyclic) bond motifs is 1. The molecule has 1 aromatic carbocycles. The van der Waals surface area contributed by atoms with Crippen molar-refractivity contribution in [3.63, 3.8) is 0 Å². The topological polar surface area (TPSA) is 66.5 Å². The summed E-state index contributed by atoms with van der Waals surface area (Å²) in [5.74, 6) is 0.522. The summed E-state index contributed by atoms with van der Waals surface area (Å²) in [4.78, 5) is 12.9. The van der Waals surface area contributed by atoms with E-state index in [9.17, 15) is 13.2 Å². The normalized spacial score (nSPS) is 11.9. The van der Waals surface area contributed by atoms with E-state index in [1.165, 1.54) is 15.6 Å². The van der Waals surface area contributed by atoms with Crippen molar-refractivity contribution in [2.75, 3.05) is 23.7 Å². The molecule has 0 unspecified atom stereocenters. The average Bonchev–Trinajstić information content (AvgIpc) is 2.96. The molecule has 0 radical (unpaired) electrons. The molecule has 132 valence electrons. The maximum absolute atomic E-state index is 12.2. The van der Waals surface area contributed by atoms with Crippen LogP contribution in [0.2, 0.25) is 0 Å². The maximum atomic E-state index is 12.2. The largest absolute Gasteiger partial charge is 0.351 e. The molecule has 0 spiro atoms. The number of thiophene rings is 1. The fourth-order valence-electron chi connectivity index (χ4n) is 2.25. The number of carbonyl (C=O) groups is 1. The molecule has 24 heavy (non-hydrogen) atoms. The second-order valence-electron chi connectivity index (χ2n) is 6.14. The molecule has 1 N–H and O–H groups in total. The van der Waals surface area contributed by atoms with Gasteiger partial charge in [0.2, 0.25) is 10.0 Å². The summed E-state index contributed by atoms with van der Waals surface area (Å²) in [7, 11) is -1.74. The molecule has 0 aliphatic heterocycles. The molecule has 1 aromatic heterocycles. The standard InChI is InChI=1S/C17H24N2O3S2/c1-5-24(21,22)19(4)14-6-7-15-13(10-14)11-16(23-15)17(20)18-9-8-12(2)3/h6-7,10-12H,5,8-9H2,1-4H3,(H,18,20). The number of hydrogen-bond acceptors (Lipinski definition) is 4. The summed E-state index contributed by atoms with van der Waals surface area (Å²) in [6.07, 6.45) is 0.945. The first-order chi connectivity index (χ1) is 11.2. The van der Waals surface area contributed by atoms with Crippen LogP contribution in [0.4, 0.5) is 5.69 Å². The summed E-state index contributed by atoms with van der Waals surface area (Å²) >= 11 is 1.42. The number of anilines is 1. The van der Waals surface area contributed by atoms with Crippen molar-refractivity contribution < 1.29 is 13.2 Å². The van der Waals surface area contributed by atoms with Crippen LogP contribution in [0, 0.1) is 5.92 Å². The van der Waals surface area contributed by atoms with E-state index in [-0.39, 0.29) is 11.7 Å². The second-order valence-corrected chi connectivity index (χ2v) is 9.51. The van der Waals surface area contributed by atoms with Crippen LogP contribution in [-0.4, -0.2) is 33.7 Å². The Balaban J connectivity index is 2.21. The van der Waals surface area contributed by atoms with Gasteiger partial charge in [-0.1, -0.05) is 13.8 Å². The molecule has 2 rings (SSSR count). The molecule has 2 aromatic rings. The van der Waals surface area contributed by atoms with E-state index >= 15 is 0 Å². The van der Waals surface area contributed by atoms with Crippen molar-refractivity contribution in [1.82, 2.24) is 5.32 Å². The first kappa shape index (κ1) is 18.7. The molecule has 0 atom stereocenters. The van der Waals surface area contributed by atoms with Crippen molar-refractivity contribution in [1.29, 1.82) is 0 Å². The number of hydrogen-bond donors (Lipinski definition) is 1. The summed E-state index contributed by atoms with van der Waals surface area (Å²) in [5, 5.41) is 3.81. The van der Waals surface area contributed by atoms with E-state index in [1.54, 1.807) is 20.0 Å². The molecular weight excluding hydrogens is 344 g/mol. The molecule has 0 aliphatic carbocycles. The minimum absolute atomic E-state index is 0.0503. The molecule has 0 saturated carbocycles. The van der Waals surface area contributed by atoms with E-state index in [4.69, 9.17) is 0 Å². The highest BCUT2D eigenvalue weighted by molar-refractivity contribution is 7.92. The number of nitrogens with one attached hydrogen (secondary N) is 1. The minimum Gasteiger partial charge on any atom is -0.351 e. The highest BCUT2D eigenvalue weighted by atomic mass is 32.2. The van der Waals surface area contributed by atoms with E-state index in [0.717, 1.165) is 16.5 Å². The Morgan fingerprint density at radius 2 is 2.00 bits per heavy atom. The van der Waals surface area contributed by atoms with Crippen molar-refractivity contribution in [3.05, 3.63) is 29.1 Å². The molecular formula is C17H24N2O3S2. The SMILES string of the molecule is CCS(=O)(=O)N(C)c1ccc2sc(C(=O)NCCC(C)C)cc2c1. The van der Waals surface area contributed by atoms with Gasteiger partial charge in [0.1, 0.15) is 0 Å².